The van der Waals surface area contributed by atoms with Crippen LogP contribution in [0.3, 0.4) is 0 Å². The summed E-state index contributed by atoms with van der Waals surface area (Å²) in [6, 6.07) is 0. The molecule has 0 aromatic rings. The molecule has 0 bridgehead atoms. The first-order valence-electron chi connectivity index (χ1n) is 3.37. The van der Waals surface area contributed by atoms with Crippen molar-refractivity contribution in [2.24, 2.45) is 0 Å². The van der Waals surface area contributed by atoms with E-state index in [0.717, 1.165) is 5.76 Å². The van der Waals surface area contributed by atoms with Crippen molar-refractivity contribution in [2.45, 2.75) is 13.0 Å². The molecule has 0 saturated carbocycles. The van der Waals surface area contributed by atoms with Gasteiger partial charge in [-0.05, 0) is 13.0 Å². The van der Waals surface area contributed by atoms with E-state index in [9.17, 15) is 0 Å². The number of aliphatic hydroxyl groups excluding tert-OH is 1. The summed E-state index contributed by atoms with van der Waals surface area (Å²) in [5.74, 6) is 0.922. The molecule has 1 unspecified atom stereocenters. The number of halogens is 1. The van der Waals surface area contributed by atoms with E-state index in [1.54, 1.807) is 19.1 Å². The number of hydrogen-bond donors (Lipinski definition) is 1. The van der Waals surface area contributed by atoms with Gasteiger partial charge in [-0.2, -0.15) is 0 Å². The van der Waals surface area contributed by atoms with Gasteiger partial charge in [0.05, 0.1) is 11.6 Å². The van der Waals surface area contributed by atoms with Gasteiger partial charge in [-0.25, -0.2) is 0 Å². The zero-order valence-electron chi connectivity index (χ0n) is 6.59. The Kier molecular flexibility index (Phi) is 5.99. The predicted octanol–water partition coefficient (Wildman–Crippen LogP) is 1.69. The third-order valence-corrected chi connectivity index (χ3v) is 1.39. The Morgan fingerprint density at radius 3 is 2.91 bits per heavy atom. The van der Waals surface area contributed by atoms with Crippen LogP contribution in [-0.2, 0) is 4.74 Å². The minimum atomic E-state index is -0.593. The fourth-order valence-corrected chi connectivity index (χ4v) is 0.575. The molecular formula is C8H13ClO2. The zero-order chi connectivity index (χ0) is 8.69. The first-order chi connectivity index (χ1) is 5.20. The van der Waals surface area contributed by atoms with E-state index in [2.05, 4.69) is 6.58 Å². The van der Waals surface area contributed by atoms with Crippen molar-refractivity contribution in [3.63, 3.8) is 0 Å². The van der Waals surface area contributed by atoms with Gasteiger partial charge in [0.15, 0.2) is 0 Å². The smallest absolute Gasteiger partial charge is 0.115 e. The third-order valence-electron chi connectivity index (χ3n) is 1.03. The maximum Gasteiger partial charge on any atom is 0.115 e. The Morgan fingerprint density at radius 2 is 2.45 bits per heavy atom. The third kappa shape index (κ3) is 5.95. The zero-order valence-corrected chi connectivity index (χ0v) is 7.34. The SMILES string of the molecule is C=C/C=C(\C)OCC(O)CCl. The lowest BCUT2D eigenvalue weighted by atomic mass is 10.4. The summed E-state index contributed by atoms with van der Waals surface area (Å²) < 4.78 is 5.09. The first-order valence-corrected chi connectivity index (χ1v) is 3.90. The number of rotatable bonds is 5. The van der Waals surface area contributed by atoms with Crippen LogP contribution in [-0.4, -0.2) is 23.7 Å². The summed E-state index contributed by atoms with van der Waals surface area (Å²) in [4.78, 5) is 0. The maximum absolute atomic E-state index is 8.97. The lowest BCUT2D eigenvalue weighted by Crippen LogP contribution is -2.15. The molecule has 0 amide bonds. The number of allylic oxidation sites excluding steroid dienone is 3. The Hall–Kier alpha value is -0.470. The summed E-state index contributed by atoms with van der Waals surface area (Å²) in [7, 11) is 0. The van der Waals surface area contributed by atoms with Crippen molar-refractivity contribution in [2.75, 3.05) is 12.5 Å². The Morgan fingerprint density at radius 1 is 1.82 bits per heavy atom. The van der Waals surface area contributed by atoms with E-state index in [1.807, 2.05) is 0 Å². The van der Waals surface area contributed by atoms with Crippen LogP contribution in [0, 0.1) is 0 Å². The molecule has 3 heteroatoms. The molecule has 11 heavy (non-hydrogen) atoms. The number of alkyl halides is 1. The van der Waals surface area contributed by atoms with Crippen LogP contribution in [0.5, 0.6) is 0 Å². The van der Waals surface area contributed by atoms with Crippen LogP contribution in [0.4, 0.5) is 0 Å². The topological polar surface area (TPSA) is 29.5 Å². The van der Waals surface area contributed by atoms with E-state index < -0.39 is 6.10 Å². The molecule has 0 aromatic heterocycles. The number of hydrogen-bond acceptors (Lipinski definition) is 2. The maximum atomic E-state index is 8.97. The van der Waals surface area contributed by atoms with Gasteiger partial charge in [0.25, 0.3) is 0 Å². The van der Waals surface area contributed by atoms with Gasteiger partial charge >= 0.3 is 0 Å². The summed E-state index contributed by atoms with van der Waals surface area (Å²) in [6.45, 7) is 5.53. The molecule has 0 radical (unpaired) electrons. The molecule has 1 N–H and O–H groups in total. The molecular weight excluding hydrogens is 164 g/mol. The predicted molar refractivity (Wildman–Crippen MR) is 46.6 cm³/mol. The van der Waals surface area contributed by atoms with Crippen LogP contribution in [0.25, 0.3) is 0 Å². The van der Waals surface area contributed by atoms with Crippen LogP contribution < -0.4 is 0 Å². The van der Waals surface area contributed by atoms with Crippen LogP contribution in [0.15, 0.2) is 24.5 Å². The summed E-state index contributed by atoms with van der Waals surface area (Å²) in [5, 5.41) is 8.97. The van der Waals surface area contributed by atoms with Crippen LogP contribution >= 0.6 is 11.6 Å². The molecule has 0 fully saturated rings. The second-order valence-electron chi connectivity index (χ2n) is 2.13. The molecule has 0 aliphatic heterocycles. The van der Waals surface area contributed by atoms with Gasteiger partial charge in [-0.3, -0.25) is 0 Å². The van der Waals surface area contributed by atoms with E-state index in [1.165, 1.54) is 0 Å². The average molecular weight is 177 g/mol. The van der Waals surface area contributed by atoms with Crippen molar-refractivity contribution in [1.82, 2.24) is 0 Å². The van der Waals surface area contributed by atoms with E-state index in [0.29, 0.717) is 0 Å². The second-order valence-corrected chi connectivity index (χ2v) is 2.44. The highest BCUT2D eigenvalue weighted by molar-refractivity contribution is 6.18. The molecule has 0 aromatic carbocycles. The molecule has 2 nitrogen and oxygen atoms in total. The highest BCUT2D eigenvalue weighted by atomic mass is 35.5. The molecule has 64 valence electrons. The minimum Gasteiger partial charge on any atom is -0.495 e. The molecule has 0 aliphatic rings. The van der Waals surface area contributed by atoms with Gasteiger partial charge in [0.1, 0.15) is 12.7 Å². The number of aliphatic hydroxyl groups is 1. The first kappa shape index (κ1) is 10.5. The van der Waals surface area contributed by atoms with Gasteiger partial charge in [-0.1, -0.05) is 12.7 Å². The highest BCUT2D eigenvalue weighted by Gasteiger charge is 2.00. The lowest BCUT2D eigenvalue weighted by molar-refractivity contribution is 0.0866. The normalized spacial score (nSPS) is 14.3. The summed E-state index contributed by atoms with van der Waals surface area (Å²) in [6.07, 6.45) is 2.76. The Labute approximate surface area is 72.1 Å². The van der Waals surface area contributed by atoms with Crippen molar-refractivity contribution >= 4 is 11.6 Å². The Bertz CT molecular complexity index is 143. The van der Waals surface area contributed by atoms with Gasteiger partial charge in [-0.15, -0.1) is 11.6 Å². The molecule has 0 aliphatic carbocycles. The Balaban J connectivity index is 3.52. The van der Waals surface area contributed by atoms with E-state index in [4.69, 9.17) is 21.4 Å². The lowest BCUT2D eigenvalue weighted by Gasteiger charge is -2.08. The average Bonchev–Trinajstić information content (AvgIpc) is 2.01. The van der Waals surface area contributed by atoms with Gasteiger partial charge in [0, 0.05) is 0 Å². The molecule has 0 spiro atoms. The van der Waals surface area contributed by atoms with Gasteiger partial charge in [0.2, 0.25) is 0 Å². The fourth-order valence-electron chi connectivity index (χ4n) is 0.486. The molecule has 0 saturated heterocycles. The van der Waals surface area contributed by atoms with Crippen molar-refractivity contribution in [3.8, 4) is 0 Å². The van der Waals surface area contributed by atoms with Crippen molar-refractivity contribution in [1.29, 1.82) is 0 Å². The summed E-state index contributed by atoms with van der Waals surface area (Å²) in [5.41, 5.74) is 0. The largest absolute Gasteiger partial charge is 0.495 e. The monoisotopic (exact) mass is 176 g/mol. The standard InChI is InChI=1S/C8H13ClO2/c1-3-4-7(2)11-6-8(10)5-9/h3-4,8,10H,1,5-6H2,2H3/b7-4+. The summed E-state index contributed by atoms with van der Waals surface area (Å²) >= 11 is 5.34. The van der Waals surface area contributed by atoms with E-state index >= 15 is 0 Å². The van der Waals surface area contributed by atoms with Crippen molar-refractivity contribution in [3.05, 3.63) is 24.5 Å². The van der Waals surface area contributed by atoms with Crippen LogP contribution in [0.1, 0.15) is 6.92 Å². The fraction of sp³-hybridized carbons (Fsp3) is 0.500. The molecule has 0 rings (SSSR count). The van der Waals surface area contributed by atoms with Gasteiger partial charge < -0.3 is 9.84 Å². The highest BCUT2D eigenvalue weighted by Crippen LogP contribution is 1.98. The quantitative estimate of drug-likeness (QED) is 0.393. The molecule has 0 heterocycles. The molecule has 1 atom stereocenters. The van der Waals surface area contributed by atoms with Crippen molar-refractivity contribution < 1.29 is 9.84 Å². The second kappa shape index (κ2) is 6.25. The number of ether oxygens (including phenoxy) is 1. The minimum absolute atomic E-state index is 0.196. The van der Waals surface area contributed by atoms with Crippen LogP contribution in [0.2, 0.25) is 0 Å². The van der Waals surface area contributed by atoms with E-state index in [-0.39, 0.29) is 12.5 Å².